The summed E-state index contributed by atoms with van der Waals surface area (Å²) in [6.45, 7) is 2.17. The zero-order chi connectivity index (χ0) is 28.8. The van der Waals surface area contributed by atoms with E-state index in [-0.39, 0.29) is 23.5 Å². The van der Waals surface area contributed by atoms with Gasteiger partial charge in [0.05, 0.1) is 70.0 Å². The second kappa shape index (κ2) is 11.3. The summed E-state index contributed by atoms with van der Waals surface area (Å²) in [5, 5.41) is 0. The molecule has 2 aliphatic rings. The molecule has 2 atom stereocenters. The quantitative estimate of drug-likeness (QED) is 0.186. The highest BCUT2D eigenvalue weighted by Crippen LogP contribution is 2.35. The Balaban J connectivity index is 0.000000137. The van der Waals surface area contributed by atoms with Crippen molar-refractivity contribution in [2.45, 2.75) is 25.0 Å². The fourth-order valence-corrected chi connectivity index (χ4v) is 6.39. The summed E-state index contributed by atoms with van der Waals surface area (Å²) in [4.78, 5) is 9.02. The van der Waals surface area contributed by atoms with Crippen molar-refractivity contribution >= 4 is 43.2 Å². The van der Waals surface area contributed by atoms with Gasteiger partial charge in [-0.3, -0.25) is 0 Å². The summed E-state index contributed by atoms with van der Waals surface area (Å²) in [5.41, 5.74) is 7.53. The predicted octanol–water partition coefficient (Wildman–Crippen LogP) is 7.80. The standard InChI is InChI=1S/2C16H12BrFN2O/c2*17-12-7-20-15(6-13(12)18)19-14-9-21-8-11(16(14)20)10-4-2-1-3-5-10/h2*1-7,11H,8-9H2/t2*11-/m10/s1. The van der Waals surface area contributed by atoms with Crippen molar-refractivity contribution in [1.82, 2.24) is 18.8 Å². The first-order valence-electron chi connectivity index (χ1n) is 13.4. The first-order valence-corrected chi connectivity index (χ1v) is 15.0. The lowest BCUT2D eigenvalue weighted by Gasteiger charge is -2.23. The van der Waals surface area contributed by atoms with Crippen molar-refractivity contribution in [3.63, 3.8) is 0 Å². The average Bonchev–Trinajstić information content (AvgIpc) is 3.56. The van der Waals surface area contributed by atoms with Crippen LogP contribution in [0.5, 0.6) is 0 Å². The Labute approximate surface area is 257 Å². The molecule has 0 saturated heterocycles. The molecule has 0 saturated carbocycles. The van der Waals surface area contributed by atoms with Crippen LogP contribution in [0.15, 0.2) is 94.1 Å². The first kappa shape index (κ1) is 27.4. The van der Waals surface area contributed by atoms with E-state index in [1.54, 1.807) is 12.4 Å². The molecule has 4 aromatic heterocycles. The van der Waals surface area contributed by atoms with Gasteiger partial charge in [0, 0.05) is 24.5 Å². The fourth-order valence-electron chi connectivity index (χ4n) is 5.75. The summed E-state index contributed by atoms with van der Waals surface area (Å²) in [6, 6.07) is 23.3. The number of hydrogen-bond donors (Lipinski definition) is 0. The van der Waals surface area contributed by atoms with Crippen molar-refractivity contribution in [2.24, 2.45) is 0 Å². The van der Waals surface area contributed by atoms with Gasteiger partial charge in [0.25, 0.3) is 0 Å². The van der Waals surface area contributed by atoms with Crippen molar-refractivity contribution in [2.75, 3.05) is 13.2 Å². The number of rotatable bonds is 2. The molecule has 42 heavy (non-hydrogen) atoms. The number of nitrogens with zero attached hydrogens (tertiary/aromatic N) is 4. The summed E-state index contributed by atoms with van der Waals surface area (Å²) in [5.74, 6) is -0.381. The molecule has 10 heteroatoms. The van der Waals surface area contributed by atoms with Gasteiger partial charge in [0.2, 0.25) is 0 Å². The normalized spacial score (nSPS) is 17.9. The van der Waals surface area contributed by atoms with E-state index < -0.39 is 0 Å². The van der Waals surface area contributed by atoms with E-state index in [1.807, 2.05) is 45.2 Å². The SMILES string of the molecule is Fc1cc2nc3c(n2cc1Br)[C@@H](c1ccccc1)COC3.Fc1cc2nc3c(n2cc1Br)[C@H](c1ccccc1)COC3. The molecule has 0 N–H and O–H groups in total. The molecule has 6 nitrogen and oxygen atoms in total. The number of pyridine rings is 2. The maximum atomic E-state index is 13.7. The number of hydrogen-bond acceptors (Lipinski definition) is 4. The fraction of sp³-hybridized carbons (Fsp3) is 0.188. The Morgan fingerprint density at radius 1 is 0.643 bits per heavy atom. The topological polar surface area (TPSA) is 53.1 Å². The van der Waals surface area contributed by atoms with Gasteiger partial charge in [-0.25, -0.2) is 18.7 Å². The van der Waals surface area contributed by atoms with Crippen LogP contribution in [0.3, 0.4) is 0 Å². The van der Waals surface area contributed by atoms with Crippen LogP contribution in [0.2, 0.25) is 0 Å². The van der Waals surface area contributed by atoms with E-state index in [2.05, 4.69) is 66.1 Å². The number of imidazole rings is 2. The van der Waals surface area contributed by atoms with E-state index in [9.17, 15) is 8.78 Å². The summed E-state index contributed by atoms with van der Waals surface area (Å²) < 4.78 is 43.5. The van der Waals surface area contributed by atoms with Gasteiger partial charge >= 0.3 is 0 Å². The maximum Gasteiger partial charge on any atom is 0.142 e. The minimum atomic E-state index is -0.304. The number of benzene rings is 2. The second-order valence-corrected chi connectivity index (χ2v) is 11.9. The second-order valence-electron chi connectivity index (χ2n) is 10.2. The predicted molar refractivity (Wildman–Crippen MR) is 162 cm³/mol. The number of ether oxygens (including phenoxy) is 2. The molecule has 0 fully saturated rings. The minimum Gasteiger partial charge on any atom is -0.374 e. The van der Waals surface area contributed by atoms with Crippen LogP contribution in [0.4, 0.5) is 8.78 Å². The van der Waals surface area contributed by atoms with E-state index in [1.165, 1.54) is 23.3 Å². The van der Waals surface area contributed by atoms with E-state index in [0.29, 0.717) is 46.7 Å². The van der Waals surface area contributed by atoms with Gasteiger partial charge in [0.15, 0.2) is 0 Å². The molecular weight excluding hydrogens is 670 g/mol. The number of aromatic nitrogens is 4. The van der Waals surface area contributed by atoms with Crippen molar-refractivity contribution in [3.05, 3.63) is 140 Å². The lowest BCUT2D eigenvalue weighted by molar-refractivity contribution is 0.0955. The molecule has 0 aliphatic carbocycles. The molecule has 6 heterocycles. The van der Waals surface area contributed by atoms with E-state index in [0.717, 1.165) is 22.8 Å². The molecule has 0 spiro atoms. The Hall–Kier alpha value is -3.44. The van der Waals surface area contributed by atoms with Crippen molar-refractivity contribution in [1.29, 1.82) is 0 Å². The number of fused-ring (bicyclic) bond motifs is 6. The van der Waals surface area contributed by atoms with Crippen LogP contribution in [0, 0.1) is 11.6 Å². The van der Waals surface area contributed by atoms with Gasteiger partial charge in [-0.1, -0.05) is 60.7 Å². The lowest BCUT2D eigenvalue weighted by Crippen LogP contribution is -2.19. The van der Waals surface area contributed by atoms with Gasteiger partial charge in [-0.05, 0) is 43.0 Å². The summed E-state index contributed by atoms with van der Waals surface area (Å²) >= 11 is 6.50. The molecule has 6 aromatic rings. The van der Waals surface area contributed by atoms with Crippen LogP contribution < -0.4 is 0 Å². The third-order valence-electron chi connectivity index (χ3n) is 7.67. The Morgan fingerprint density at radius 2 is 1.05 bits per heavy atom. The van der Waals surface area contributed by atoms with Crippen LogP contribution in [0.25, 0.3) is 11.3 Å². The molecule has 8 rings (SSSR count). The minimum absolute atomic E-state index is 0.113. The highest BCUT2D eigenvalue weighted by atomic mass is 79.9. The zero-order valence-corrected chi connectivity index (χ0v) is 25.4. The van der Waals surface area contributed by atoms with Crippen molar-refractivity contribution in [3.8, 4) is 0 Å². The van der Waals surface area contributed by atoms with Crippen LogP contribution in [0.1, 0.15) is 45.7 Å². The first-order chi connectivity index (χ1) is 20.5. The third kappa shape index (κ3) is 4.96. The van der Waals surface area contributed by atoms with Crippen LogP contribution in [-0.2, 0) is 22.7 Å². The summed E-state index contributed by atoms with van der Waals surface area (Å²) in [6.07, 6.45) is 3.50. The third-order valence-corrected chi connectivity index (χ3v) is 8.83. The van der Waals surface area contributed by atoms with E-state index in [4.69, 9.17) is 9.47 Å². The molecule has 2 aliphatic heterocycles. The lowest BCUT2D eigenvalue weighted by atomic mass is 9.94. The highest BCUT2D eigenvalue weighted by molar-refractivity contribution is 9.10. The zero-order valence-electron chi connectivity index (χ0n) is 22.2. The van der Waals surface area contributed by atoms with Crippen molar-refractivity contribution < 1.29 is 18.3 Å². The molecule has 212 valence electrons. The average molecular weight is 694 g/mol. The van der Waals surface area contributed by atoms with Gasteiger partial charge < -0.3 is 18.3 Å². The molecular formula is C32H24Br2F2N4O2. The molecule has 0 unspecified atom stereocenters. The Bertz CT molecular complexity index is 1770. The molecule has 0 bridgehead atoms. The maximum absolute atomic E-state index is 13.7. The summed E-state index contributed by atoms with van der Waals surface area (Å²) in [7, 11) is 0. The Morgan fingerprint density at radius 3 is 1.45 bits per heavy atom. The molecule has 2 aromatic carbocycles. The largest absolute Gasteiger partial charge is 0.374 e. The van der Waals surface area contributed by atoms with Crippen LogP contribution in [-0.4, -0.2) is 32.0 Å². The van der Waals surface area contributed by atoms with E-state index >= 15 is 0 Å². The van der Waals surface area contributed by atoms with Gasteiger partial charge in [-0.2, -0.15) is 0 Å². The molecule has 0 radical (unpaired) electrons. The smallest absolute Gasteiger partial charge is 0.142 e. The highest BCUT2D eigenvalue weighted by Gasteiger charge is 2.29. The molecule has 0 amide bonds. The Kier molecular flexibility index (Phi) is 7.39. The van der Waals surface area contributed by atoms with Gasteiger partial charge in [0.1, 0.15) is 22.9 Å². The number of halogens is 4. The van der Waals surface area contributed by atoms with Crippen LogP contribution >= 0.6 is 31.9 Å². The van der Waals surface area contributed by atoms with Gasteiger partial charge in [-0.15, -0.1) is 0 Å². The monoisotopic (exact) mass is 692 g/mol.